The van der Waals surface area contributed by atoms with Gasteiger partial charge in [-0.1, -0.05) is 12.1 Å². The summed E-state index contributed by atoms with van der Waals surface area (Å²) in [6, 6.07) is 7.03. The molecule has 2 aromatic rings. The van der Waals surface area contributed by atoms with Crippen molar-refractivity contribution in [1.82, 2.24) is 14.2 Å². The van der Waals surface area contributed by atoms with Crippen molar-refractivity contribution < 1.29 is 17.6 Å². The Kier molecular flexibility index (Phi) is 5.79. The van der Waals surface area contributed by atoms with Crippen LogP contribution in [0.3, 0.4) is 0 Å². The molecule has 0 fully saturated rings. The lowest BCUT2D eigenvalue weighted by atomic mass is 10.3. The van der Waals surface area contributed by atoms with Gasteiger partial charge in [0.1, 0.15) is 0 Å². The van der Waals surface area contributed by atoms with E-state index < -0.39 is 15.8 Å². The maximum Gasteiger partial charge on any atom is 0.419 e. The monoisotopic (exact) mass is 355 g/mol. The first-order chi connectivity index (χ1) is 11.3. The number of para-hydroxylation sites is 2. The van der Waals surface area contributed by atoms with Crippen molar-refractivity contribution in [2.45, 2.75) is 19.4 Å². The number of oxazole rings is 1. The SMILES string of the molecule is CN(CCCNC(=O)CCn1c(=O)oc2ccccc21)S(C)(=O)=O. The van der Waals surface area contributed by atoms with Gasteiger partial charge in [0.15, 0.2) is 5.58 Å². The molecule has 1 aromatic heterocycles. The van der Waals surface area contributed by atoms with Crippen LogP contribution in [0.25, 0.3) is 11.1 Å². The fourth-order valence-corrected chi connectivity index (χ4v) is 2.68. The number of aryl methyl sites for hydroxylation is 1. The summed E-state index contributed by atoms with van der Waals surface area (Å²) in [6.45, 7) is 0.940. The van der Waals surface area contributed by atoms with Gasteiger partial charge < -0.3 is 9.73 Å². The molecule has 0 aliphatic rings. The maximum absolute atomic E-state index is 11.8. The zero-order valence-corrected chi connectivity index (χ0v) is 14.5. The van der Waals surface area contributed by atoms with E-state index >= 15 is 0 Å². The molecule has 0 radical (unpaired) electrons. The molecule has 8 nitrogen and oxygen atoms in total. The van der Waals surface area contributed by atoms with Crippen LogP contribution in [-0.2, 0) is 21.4 Å². The fourth-order valence-electron chi connectivity index (χ4n) is 2.22. The minimum atomic E-state index is -3.20. The highest BCUT2D eigenvalue weighted by molar-refractivity contribution is 7.88. The van der Waals surface area contributed by atoms with Crippen molar-refractivity contribution in [3.8, 4) is 0 Å². The number of carbonyl (C=O) groups excluding carboxylic acids is 1. The summed E-state index contributed by atoms with van der Waals surface area (Å²) in [5.74, 6) is -0.687. The summed E-state index contributed by atoms with van der Waals surface area (Å²) in [6.07, 6.45) is 1.80. The standard InChI is InChI=1S/C15H21N3O5S/c1-17(24(2,21)22)10-5-9-16-14(19)8-11-18-12-6-3-4-7-13(12)23-15(18)20/h3-4,6-7H,5,8-11H2,1-2H3,(H,16,19). The summed E-state index contributed by atoms with van der Waals surface area (Å²) in [5, 5.41) is 2.71. The quantitative estimate of drug-likeness (QED) is 0.690. The smallest absolute Gasteiger partial charge is 0.408 e. The van der Waals surface area contributed by atoms with Gasteiger partial charge in [-0.2, -0.15) is 0 Å². The summed E-state index contributed by atoms with van der Waals surface area (Å²) in [4.78, 5) is 23.6. The Labute approximate surface area is 140 Å². The predicted octanol–water partition coefficient (Wildman–Crippen LogP) is 0.382. The van der Waals surface area contributed by atoms with Crippen molar-refractivity contribution >= 4 is 27.0 Å². The number of hydrogen-bond donors (Lipinski definition) is 1. The molecule has 2 rings (SSSR count). The lowest BCUT2D eigenvalue weighted by Gasteiger charge is -2.13. The first-order valence-corrected chi connectivity index (χ1v) is 9.40. The van der Waals surface area contributed by atoms with E-state index in [2.05, 4.69) is 5.32 Å². The number of rotatable bonds is 8. The molecule has 1 amide bonds. The Balaban J connectivity index is 1.79. The fraction of sp³-hybridized carbons (Fsp3) is 0.467. The number of fused-ring (bicyclic) bond motifs is 1. The highest BCUT2D eigenvalue weighted by Crippen LogP contribution is 2.11. The summed E-state index contributed by atoms with van der Waals surface area (Å²) in [7, 11) is -1.70. The van der Waals surface area contributed by atoms with E-state index in [1.54, 1.807) is 24.3 Å². The van der Waals surface area contributed by atoms with Crippen LogP contribution < -0.4 is 11.1 Å². The van der Waals surface area contributed by atoms with Gasteiger partial charge >= 0.3 is 5.76 Å². The van der Waals surface area contributed by atoms with Crippen LogP contribution in [0, 0.1) is 0 Å². The highest BCUT2D eigenvalue weighted by atomic mass is 32.2. The van der Waals surface area contributed by atoms with Crippen LogP contribution >= 0.6 is 0 Å². The van der Waals surface area contributed by atoms with Gasteiger partial charge in [-0.15, -0.1) is 0 Å². The molecule has 0 saturated heterocycles. The van der Waals surface area contributed by atoms with Gasteiger partial charge in [0.25, 0.3) is 0 Å². The third kappa shape index (κ3) is 4.68. The molecule has 1 heterocycles. The van der Waals surface area contributed by atoms with Crippen LogP contribution in [0.1, 0.15) is 12.8 Å². The zero-order valence-electron chi connectivity index (χ0n) is 13.7. The van der Waals surface area contributed by atoms with Crippen molar-refractivity contribution in [1.29, 1.82) is 0 Å². The van der Waals surface area contributed by atoms with E-state index in [0.29, 0.717) is 30.6 Å². The van der Waals surface area contributed by atoms with Crippen LogP contribution in [-0.4, -0.2) is 49.6 Å². The molecule has 24 heavy (non-hydrogen) atoms. The molecule has 0 aliphatic carbocycles. The van der Waals surface area contributed by atoms with E-state index in [4.69, 9.17) is 4.42 Å². The molecule has 0 unspecified atom stereocenters. The molecule has 132 valence electrons. The molecule has 0 atom stereocenters. The number of aromatic nitrogens is 1. The van der Waals surface area contributed by atoms with Crippen molar-refractivity contribution in [2.75, 3.05) is 26.4 Å². The van der Waals surface area contributed by atoms with Crippen LogP contribution in [0.2, 0.25) is 0 Å². The third-order valence-corrected chi connectivity index (χ3v) is 4.99. The maximum atomic E-state index is 11.8. The topological polar surface area (TPSA) is 102 Å². The lowest BCUT2D eigenvalue weighted by Crippen LogP contribution is -2.31. The number of sulfonamides is 1. The second-order valence-corrected chi connectivity index (χ2v) is 7.61. The molecule has 0 aliphatic heterocycles. The van der Waals surface area contributed by atoms with Crippen LogP contribution in [0.15, 0.2) is 33.5 Å². The van der Waals surface area contributed by atoms with E-state index in [1.807, 2.05) is 0 Å². The van der Waals surface area contributed by atoms with Gasteiger partial charge in [0, 0.05) is 33.1 Å². The van der Waals surface area contributed by atoms with Gasteiger partial charge in [0.05, 0.1) is 11.8 Å². The second kappa shape index (κ2) is 7.63. The summed E-state index contributed by atoms with van der Waals surface area (Å²) >= 11 is 0. The van der Waals surface area contributed by atoms with Gasteiger partial charge in [0.2, 0.25) is 15.9 Å². The van der Waals surface area contributed by atoms with Crippen molar-refractivity contribution in [3.05, 3.63) is 34.8 Å². The third-order valence-electron chi connectivity index (χ3n) is 3.67. The Bertz CT molecular complexity index is 869. The summed E-state index contributed by atoms with van der Waals surface area (Å²) < 4.78 is 30.2. The molecular weight excluding hydrogens is 334 g/mol. The number of amides is 1. The Morgan fingerprint density at radius 1 is 1.33 bits per heavy atom. The minimum absolute atomic E-state index is 0.144. The average molecular weight is 355 g/mol. The van der Waals surface area contributed by atoms with Crippen molar-refractivity contribution in [3.63, 3.8) is 0 Å². The molecule has 0 bridgehead atoms. The summed E-state index contributed by atoms with van der Waals surface area (Å²) in [5.41, 5.74) is 1.15. The normalized spacial score (nSPS) is 12.0. The van der Waals surface area contributed by atoms with E-state index in [1.165, 1.54) is 15.9 Å². The molecule has 1 N–H and O–H groups in total. The number of nitrogens with one attached hydrogen (secondary N) is 1. The van der Waals surface area contributed by atoms with E-state index in [0.717, 1.165) is 6.26 Å². The van der Waals surface area contributed by atoms with Crippen molar-refractivity contribution in [2.24, 2.45) is 0 Å². The zero-order chi connectivity index (χ0) is 17.7. The van der Waals surface area contributed by atoms with Gasteiger partial charge in [-0.25, -0.2) is 17.5 Å². The largest absolute Gasteiger partial charge is 0.419 e. The second-order valence-electron chi connectivity index (χ2n) is 5.53. The predicted molar refractivity (Wildman–Crippen MR) is 90.2 cm³/mol. The average Bonchev–Trinajstić information content (AvgIpc) is 2.83. The van der Waals surface area contributed by atoms with Gasteiger partial charge in [-0.3, -0.25) is 9.36 Å². The number of benzene rings is 1. The van der Waals surface area contributed by atoms with Crippen LogP contribution in [0.5, 0.6) is 0 Å². The highest BCUT2D eigenvalue weighted by Gasteiger charge is 2.11. The van der Waals surface area contributed by atoms with E-state index in [9.17, 15) is 18.0 Å². The molecule has 0 spiro atoms. The molecule has 0 saturated carbocycles. The number of nitrogens with zero attached hydrogens (tertiary/aromatic N) is 2. The van der Waals surface area contributed by atoms with Crippen LogP contribution in [0.4, 0.5) is 0 Å². The Morgan fingerprint density at radius 2 is 2.04 bits per heavy atom. The molecule has 1 aromatic carbocycles. The first-order valence-electron chi connectivity index (χ1n) is 7.55. The molecule has 9 heteroatoms. The number of hydrogen-bond acceptors (Lipinski definition) is 5. The number of carbonyl (C=O) groups is 1. The Morgan fingerprint density at radius 3 is 2.75 bits per heavy atom. The first kappa shape index (κ1) is 18.2. The van der Waals surface area contributed by atoms with E-state index in [-0.39, 0.29) is 18.9 Å². The minimum Gasteiger partial charge on any atom is -0.408 e. The lowest BCUT2D eigenvalue weighted by molar-refractivity contribution is -0.121. The Hall–Kier alpha value is -2.13. The van der Waals surface area contributed by atoms with Gasteiger partial charge in [-0.05, 0) is 18.6 Å². The molecular formula is C15H21N3O5S.